The van der Waals surface area contributed by atoms with Gasteiger partial charge < -0.3 is 31.3 Å². The van der Waals surface area contributed by atoms with Gasteiger partial charge in [0.2, 0.25) is 5.91 Å². The van der Waals surface area contributed by atoms with Crippen molar-refractivity contribution in [3.8, 4) is 0 Å². The molecule has 1 amide bonds. The van der Waals surface area contributed by atoms with Crippen LogP contribution in [0.1, 0.15) is 38.5 Å². The topological polar surface area (TPSA) is 98.8 Å². The molecule has 2 fully saturated rings. The minimum atomic E-state index is -0.316. The van der Waals surface area contributed by atoms with Crippen molar-refractivity contribution in [3.05, 3.63) is 46.3 Å². The second kappa shape index (κ2) is 9.77. The van der Waals surface area contributed by atoms with Crippen LogP contribution in [0.2, 0.25) is 0 Å². The first kappa shape index (κ1) is 22.3. The van der Waals surface area contributed by atoms with Crippen LogP contribution >= 0.6 is 11.6 Å². The van der Waals surface area contributed by atoms with Gasteiger partial charge in [-0.05, 0) is 44.6 Å². The lowest BCUT2D eigenvalue weighted by Gasteiger charge is -2.33. The fraction of sp³-hybridized carbons (Fsp3) is 0.565. The van der Waals surface area contributed by atoms with Crippen LogP contribution in [0.25, 0.3) is 0 Å². The fourth-order valence-corrected chi connectivity index (χ4v) is 5.18. The maximum absolute atomic E-state index is 14.7. The number of carbonyl (C=O) groups excluding carboxylic acids is 1. The molecule has 0 radical (unpaired) electrons. The lowest BCUT2D eigenvalue weighted by atomic mass is 9.90. The Labute approximate surface area is 197 Å². The van der Waals surface area contributed by atoms with Crippen LogP contribution in [0, 0.1) is 5.92 Å². The van der Waals surface area contributed by atoms with Gasteiger partial charge in [-0.3, -0.25) is 4.79 Å². The minimum absolute atomic E-state index is 0.0351. The number of rotatable bonds is 5. The second-order valence-corrected chi connectivity index (χ2v) is 9.56. The predicted molar refractivity (Wildman–Crippen MR) is 125 cm³/mol. The number of hydrogen-bond donors (Lipinski definition) is 5. The number of dihydropyridines is 1. The van der Waals surface area contributed by atoms with Crippen LogP contribution in [0.3, 0.4) is 0 Å². The van der Waals surface area contributed by atoms with Gasteiger partial charge in [-0.1, -0.05) is 11.6 Å². The number of hydrogen-bond acceptors (Lipinski definition) is 7. The zero-order valence-electron chi connectivity index (χ0n) is 18.4. The Kier molecular flexibility index (Phi) is 6.59. The molecule has 0 aromatic carbocycles. The van der Waals surface area contributed by atoms with Crippen LogP contribution in [0.15, 0.2) is 51.3 Å². The predicted octanol–water partition coefficient (Wildman–Crippen LogP) is 1.99. The number of amides is 1. The fourth-order valence-electron chi connectivity index (χ4n) is 5.00. The lowest BCUT2D eigenvalue weighted by Crippen LogP contribution is -2.47. The van der Waals surface area contributed by atoms with Gasteiger partial charge in [-0.15, -0.1) is 0 Å². The molecule has 178 valence electrons. The quantitative estimate of drug-likeness (QED) is 0.416. The van der Waals surface area contributed by atoms with E-state index < -0.39 is 0 Å². The number of fused-ring (bicyclic) bond motifs is 1. The van der Waals surface area contributed by atoms with Crippen LogP contribution < -0.4 is 26.6 Å². The van der Waals surface area contributed by atoms with Crippen molar-refractivity contribution in [2.24, 2.45) is 10.9 Å². The van der Waals surface area contributed by atoms with E-state index >= 15 is 0 Å². The molecule has 8 nitrogen and oxygen atoms in total. The van der Waals surface area contributed by atoms with Crippen molar-refractivity contribution in [1.82, 2.24) is 26.6 Å². The maximum Gasteiger partial charge on any atom is 0.223 e. The van der Waals surface area contributed by atoms with Gasteiger partial charge in [0.25, 0.3) is 0 Å². The minimum Gasteiger partial charge on any atom is -0.381 e. The summed E-state index contributed by atoms with van der Waals surface area (Å²) in [5.74, 6) is 0.708. The Morgan fingerprint density at radius 2 is 1.94 bits per heavy atom. The van der Waals surface area contributed by atoms with Gasteiger partial charge in [-0.25, -0.2) is 9.38 Å². The molecule has 1 saturated heterocycles. The number of nitrogens with zero attached hydrogens (tertiary/aromatic N) is 1. The zero-order valence-corrected chi connectivity index (χ0v) is 19.2. The van der Waals surface area contributed by atoms with E-state index in [1.54, 1.807) is 6.20 Å². The van der Waals surface area contributed by atoms with E-state index in [0.717, 1.165) is 49.7 Å². The van der Waals surface area contributed by atoms with Gasteiger partial charge in [-0.2, -0.15) is 0 Å². The molecule has 3 atom stereocenters. The number of ether oxygens (including phenoxy) is 1. The number of nitrogens with one attached hydrogen (secondary N) is 5. The molecule has 0 aromatic rings. The molecule has 1 saturated carbocycles. The molecule has 5 N–H and O–H groups in total. The summed E-state index contributed by atoms with van der Waals surface area (Å²) >= 11 is 6.16. The van der Waals surface area contributed by atoms with Crippen molar-refractivity contribution >= 4 is 23.3 Å². The lowest BCUT2D eigenvalue weighted by molar-refractivity contribution is -0.128. The first-order valence-corrected chi connectivity index (χ1v) is 12.1. The Morgan fingerprint density at radius 1 is 1.15 bits per heavy atom. The molecule has 33 heavy (non-hydrogen) atoms. The van der Waals surface area contributed by atoms with E-state index in [9.17, 15) is 9.18 Å². The van der Waals surface area contributed by atoms with Crippen molar-refractivity contribution in [2.75, 3.05) is 19.8 Å². The summed E-state index contributed by atoms with van der Waals surface area (Å²) in [6.07, 6.45) is 10.6. The Hall–Kier alpha value is -2.52. The summed E-state index contributed by atoms with van der Waals surface area (Å²) < 4.78 is 20.0. The molecular weight excluding hydrogens is 447 g/mol. The van der Waals surface area contributed by atoms with Crippen LogP contribution in [0.5, 0.6) is 0 Å². The number of amidine groups is 1. The van der Waals surface area contributed by atoms with E-state index in [4.69, 9.17) is 16.3 Å². The summed E-state index contributed by atoms with van der Waals surface area (Å²) in [6, 6.07) is 0.147. The molecule has 0 bridgehead atoms. The normalized spacial score (nSPS) is 29.9. The van der Waals surface area contributed by atoms with E-state index in [2.05, 4.69) is 31.6 Å². The van der Waals surface area contributed by atoms with Gasteiger partial charge >= 0.3 is 0 Å². The number of halogens is 2. The third-order valence-corrected chi connectivity index (χ3v) is 7.02. The Bertz CT molecular complexity index is 953. The van der Waals surface area contributed by atoms with Gasteiger partial charge in [0, 0.05) is 54.8 Å². The molecule has 5 aliphatic rings. The van der Waals surface area contributed by atoms with E-state index in [1.165, 1.54) is 0 Å². The third-order valence-electron chi connectivity index (χ3n) is 6.80. The summed E-state index contributed by atoms with van der Waals surface area (Å²) in [5.41, 5.74) is 1.82. The van der Waals surface area contributed by atoms with Crippen molar-refractivity contribution in [2.45, 2.75) is 56.8 Å². The number of aliphatic imine (C=N–C) groups is 1. The SMILES string of the molecule is O=C(N[C@@H]1CCC[C@H](NC2=C(F)CNC(C3=CNC4NC=C(Cl)C=C34)=N2)C1)C1CCOCC1. The highest BCUT2D eigenvalue weighted by Crippen LogP contribution is 2.28. The molecule has 4 aliphatic heterocycles. The number of carbonyl (C=O) groups is 1. The van der Waals surface area contributed by atoms with Gasteiger partial charge in [0.1, 0.15) is 12.0 Å². The van der Waals surface area contributed by atoms with Crippen molar-refractivity contribution in [1.29, 1.82) is 0 Å². The largest absolute Gasteiger partial charge is 0.381 e. The second-order valence-electron chi connectivity index (χ2n) is 9.12. The monoisotopic (exact) mass is 476 g/mol. The average molecular weight is 477 g/mol. The standard InChI is InChI=1S/C23H30ClFN6O2/c24-14-8-17-18(11-27-20(17)26-10-14)21-28-12-19(25)22(31-21)29-15-2-1-3-16(9-15)30-23(32)13-4-6-33-7-5-13/h8,10-11,13,15-16,20,26-27,29H,1-7,9,12H2,(H,28,31)(H,30,32)/t15-,16+,20?/m0/s1. The Morgan fingerprint density at radius 3 is 2.79 bits per heavy atom. The Balaban J connectivity index is 1.22. The highest BCUT2D eigenvalue weighted by molar-refractivity contribution is 6.31. The van der Waals surface area contributed by atoms with Crippen molar-refractivity contribution in [3.63, 3.8) is 0 Å². The molecule has 1 aliphatic carbocycles. The third kappa shape index (κ3) is 5.04. The summed E-state index contributed by atoms with van der Waals surface area (Å²) in [7, 11) is 0. The zero-order chi connectivity index (χ0) is 22.8. The highest BCUT2D eigenvalue weighted by atomic mass is 35.5. The van der Waals surface area contributed by atoms with E-state index in [-0.39, 0.29) is 48.3 Å². The summed E-state index contributed by atoms with van der Waals surface area (Å²) in [6.45, 7) is 1.37. The van der Waals surface area contributed by atoms with Crippen molar-refractivity contribution < 1.29 is 13.9 Å². The van der Waals surface area contributed by atoms with Gasteiger partial charge in [0.05, 0.1) is 11.6 Å². The van der Waals surface area contributed by atoms with Crippen LogP contribution in [0.4, 0.5) is 4.39 Å². The molecule has 4 heterocycles. The number of allylic oxidation sites excluding steroid dienone is 2. The van der Waals surface area contributed by atoms with E-state index in [0.29, 0.717) is 24.1 Å². The molecule has 5 rings (SSSR count). The first-order chi connectivity index (χ1) is 16.1. The summed E-state index contributed by atoms with van der Waals surface area (Å²) in [5, 5.41) is 16.6. The average Bonchev–Trinajstić information content (AvgIpc) is 3.24. The maximum atomic E-state index is 14.7. The van der Waals surface area contributed by atoms with Crippen LogP contribution in [-0.4, -0.2) is 49.8 Å². The smallest absolute Gasteiger partial charge is 0.223 e. The van der Waals surface area contributed by atoms with E-state index in [1.807, 2.05) is 12.3 Å². The molecule has 10 heteroatoms. The highest BCUT2D eigenvalue weighted by Gasteiger charge is 2.31. The summed E-state index contributed by atoms with van der Waals surface area (Å²) in [4.78, 5) is 17.2. The molecule has 0 aromatic heterocycles. The van der Waals surface area contributed by atoms with Gasteiger partial charge in [0.15, 0.2) is 11.6 Å². The molecular formula is C23H30ClFN6O2. The molecule has 1 unspecified atom stereocenters. The van der Waals surface area contributed by atoms with Crippen LogP contribution in [-0.2, 0) is 9.53 Å². The first-order valence-electron chi connectivity index (χ1n) is 11.7. The molecule has 0 spiro atoms.